The summed E-state index contributed by atoms with van der Waals surface area (Å²) in [7, 11) is 0. The first kappa shape index (κ1) is 19.1. The normalized spacial score (nSPS) is 36.2. The van der Waals surface area contributed by atoms with Crippen molar-refractivity contribution in [3.8, 4) is 0 Å². The number of Topliss-reactive ketones (excluding diaryl/α,β-unsaturated/α-hetero) is 1. The van der Waals surface area contributed by atoms with Gasteiger partial charge < -0.3 is 4.74 Å². The minimum atomic E-state index is -0.421. The molecule has 4 rings (SSSR count). The Morgan fingerprint density at radius 2 is 2.04 bits per heavy atom. The molecule has 148 valence electrons. The standard InChI is InChI=1S/C24H28O4/c1-14-11-20-18-6-5-16-12-17(26)7-9-23(16,3)19(18)8-10-24(20,4)22(14)21(27)13-28-15(2)25/h7-9,12,18,20H,5-6,10-11,13H2,1-4H3/t18-,20+,23+,24+/m1/s1. The fourth-order valence-corrected chi connectivity index (χ4v) is 6.26. The van der Waals surface area contributed by atoms with E-state index in [4.69, 9.17) is 4.74 Å². The Balaban J connectivity index is 1.68. The molecule has 0 saturated heterocycles. The second-order valence-electron chi connectivity index (χ2n) is 9.20. The van der Waals surface area contributed by atoms with E-state index in [1.807, 2.05) is 6.08 Å². The number of fused-ring (bicyclic) bond motifs is 5. The van der Waals surface area contributed by atoms with E-state index in [-0.39, 0.29) is 29.0 Å². The number of carbonyl (C=O) groups excluding carboxylic acids is 3. The van der Waals surface area contributed by atoms with E-state index in [0.717, 1.165) is 36.8 Å². The van der Waals surface area contributed by atoms with Crippen LogP contribution in [0, 0.1) is 22.7 Å². The Hall–Kier alpha value is -2.23. The van der Waals surface area contributed by atoms with Crippen LogP contribution in [0.1, 0.15) is 53.4 Å². The summed E-state index contributed by atoms with van der Waals surface area (Å²) in [6, 6.07) is 0. The molecule has 4 nitrogen and oxygen atoms in total. The van der Waals surface area contributed by atoms with Crippen molar-refractivity contribution in [2.75, 3.05) is 6.61 Å². The van der Waals surface area contributed by atoms with Gasteiger partial charge in [0.25, 0.3) is 0 Å². The van der Waals surface area contributed by atoms with E-state index in [1.165, 1.54) is 18.1 Å². The zero-order valence-electron chi connectivity index (χ0n) is 17.1. The van der Waals surface area contributed by atoms with E-state index in [2.05, 4.69) is 32.9 Å². The molecule has 0 aromatic heterocycles. The molecule has 28 heavy (non-hydrogen) atoms. The molecule has 0 unspecified atom stereocenters. The first-order valence-corrected chi connectivity index (χ1v) is 10.2. The first-order valence-electron chi connectivity index (χ1n) is 10.2. The van der Waals surface area contributed by atoms with Crippen molar-refractivity contribution in [3.63, 3.8) is 0 Å². The van der Waals surface area contributed by atoms with Gasteiger partial charge in [0.05, 0.1) is 0 Å². The molecule has 0 aliphatic heterocycles. The van der Waals surface area contributed by atoms with Gasteiger partial charge in [0.2, 0.25) is 0 Å². The van der Waals surface area contributed by atoms with Gasteiger partial charge in [-0.3, -0.25) is 14.4 Å². The molecule has 4 aliphatic carbocycles. The summed E-state index contributed by atoms with van der Waals surface area (Å²) in [6.45, 7) is 7.65. The highest BCUT2D eigenvalue weighted by Crippen LogP contribution is 2.63. The first-order chi connectivity index (χ1) is 13.2. The van der Waals surface area contributed by atoms with Crippen LogP contribution in [0.4, 0.5) is 0 Å². The SMILES string of the molecule is CC(=O)OCC(=O)C1=C(C)C[C@H]2[C@@H]3CCC4=CC(=O)C=C[C@]4(C)C3=CC[C@]12C. The summed E-state index contributed by atoms with van der Waals surface area (Å²) in [5, 5.41) is 0. The Morgan fingerprint density at radius 1 is 1.29 bits per heavy atom. The van der Waals surface area contributed by atoms with Gasteiger partial charge in [-0.2, -0.15) is 0 Å². The molecule has 0 heterocycles. The zero-order valence-corrected chi connectivity index (χ0v) is 17.1. The highest BCUT2D eigenvalue weighted by atomic mass is 16.5. The van der Waals surface area contributed by atoms with Crippen LogP contribution in [0.15, 0.2) is 46.6 Å². The van der Waals surface area contributed by atoms with Gasteiger partial charge in [0.1, 0.15) is 0 Å². The number of ketones is 2. The summed E-state index contributed by atoms with van der Waals surface area (Å²) in [4.78, 5) is 35.9. The highest BCUT2D eigenvalue weighted by Gasteiger charge is 2.55. The fourth-order valence-electron chi connectivity index (χ4n) is 6.26. The van der Waals surface area contributed by atoms with Crippen molar-refractivity contribution in [3.05, 3.63) is 46.6 Å². The number of hydrogen-bond donors (Lipinski definition) is 0. The van der Waals surface area contributed by atoms with Crippen molar-refractivity contribution in [1.29, 1.82) is 0 Å². The van der Waals surface area contributed by atoms with Crippen LogP contribution < -0.4 is 0 Å². The lowest BCUT2D eigenvalue weighted by atomic mass is 9.52. The molecular weight excluding hydrogens is 352 g/mol. The summed E-state index contributed by atoms with van der Waals surface area (Å²) < 4.78 is 5.01. The third-order valence-electron chi connectivity index (χ3n) is 7.55. The van der Waals surface area contributed by atoms with E-state index < -0.39 is 5.97 Å². The largest absolute Gasteiger partial charge is 0.457 e. The Morgan fingerprint density at radius 3 is 2.75 bits per heavy atom. The third-order valence-corrected chi connectivity index (χ3v) is 7.55. The van der Waals surface area contributed by atoms with E-state index >= 15 is 0 Å². The maximum Gasteiger partial charge on any atom is 0.303 e. The predicted octanol–water partition coefficient (Wildman–Crippen LogP) is 4.27. The van der Waals surface area contributed by atoms with Gasteiger partial charge in [-0.25, -0.2) is 0 Å². The zero-order chi connectivity index (χ0) is 20.3. The molecule has 0 aromatic rings. The summed E-state index contributed by atoms with van der Waals surface area (Å²) in [5.41, 5.74) is 4.27. The monoisotopic (exact) mass is 380 g/mol. The molecule has 0 aromatic carbocycles. The van der Waals surface area contributed by atoms with Crippen molar-refractivity contribution in [2.24, 2.45) is 22.7 Å². The lowest BCUT2D eigenvalue weighted by Gasteiger charge is -2.51. The quantitative estimate of drug-likeness (QED) is 0.542. The van der Waals surface area contributed by atoms with Crippen molar-refractivity contribution < 1.29 is 19.1 Å². The van der Waals surface area contributed by atoms with Gasteiger partial charge in [0.15, 0.2) is 18.2 Å². The average molecular weight is 380 g/mol. The average Bonchev–Trinajstić information content (AvgIpc) is 2.90. The Kier molecular flexibility index (Phi) is 4.36. The maximum atomic E-state index is 12.9. The lowest BCUT2D eigenvalue weighted by molar-refractivity contribution is -0.145. The molecule has 0 radical (unpaired) electrons. The maximum absolute atomic E-state index is 12.9. The van der Waals surface area contributed by atoms with E-state index in [9.17, 15) is 14.4 Å². The second kappa shape index (κ2) is 6.40. The number of rotatable bonds is 3. The van der Waals surface area contributed by atoms with Crippen LogP contribution in [0.3, 0.4) is 0 Å². The minimum Gasteiger partial charge on any atom is -0.457 e. The predicted molar refractivity (Wildman–Crippen MR) is 106 cm³/mol. The number of hydrogen-bond acceptors (Lipinski definition) is 4. The van der Waals surface area contributed by atoms with Crippen LogP contribution in [-0.2, 0) is 19.1 Å². The van der Waals surface area contributed by atoms with Crippen molar-refractivity contribution in [2.45, 2.75) is 53.4 Å². The van der Waals surface area contributed by atoms with E-state index in [0.29, 0.717) is 11.8 Å². The molecule has 4 heteroatoms. The van der Waals surface area contributed by atoms with Crippen molar-refractivity contribution in [1.82, 2.24) is 0 Å². The fraction of sp³-hybridized carbons (Fsp3) is 0.542. The molecule has 0 spiro atoms. The van der Waals surface area contributed by atoms with Gasteiger partial charge in [-0.1, -0.05) is 35.8 Å². The van der Waals surface area contributed by atoms with E-state index in [1.54, 1.807) is 6.08 Å². The molecule has 0 N–H and O–H groups in total. The van der Waals surface area contributed by atoms with Gasteiger partial charge in [0, 0.05) is 23.3 Å². The lowest BCUT2D eigenvalue weighted by Crippen LogP contribution is -2.43. The number of allylic oxidation sites excluding steroid dienone is 7. The Labute approximate surface area is 166 Å². The summed E-state index contributed by atoms with van der Waals surface area (Å²) in [6.07, 6.45) is 11.6. The molecule has 1 fully saturated rings. The van der Waals surface area contributed by atoms with Crippen LogP contribution >= 0.6 is 0 Å². The molecule has 0 amide bonds. The van der Waals surface area contributed by atoms with Crippen LogP contribution in [0.25, 0.3) is 0 Å². The van der Waals surface area contributed by atoms with Gasteiger partial charge in [-0.05, 0) is 63.5 Å². The minimum absolute atomic E-state index is 0.0553. The van der Waals surface area contributed by atoms with Gasteiger partial charge >= 0.3 is 5.97 Å². The number of ether oxygens (including phenoxy) is 1. The molecule has 1 saturated carbocycles. The topological polar surface area (TPSA) is 60.4 Å². The summed E-state index contributed by atoms with van der Waals surface area (Å²) >= 11 is 0. The summed E-state index contributed by atoms with van der Waals surface area (Å²) in [5.74, 6) is 0.403. The molecular formula is C24H28O4. The van der Waals surface area contributed by atoms with Crippen LogP contribution in [0.5, 0.6) is 0 Å². The third kappa shape index (κ3) is 2.68. The number of carbonyl (C=O) groups is 3. The van der Waals surface area contributed by atoms with Crippen LogP contribution in [-0.4, -0.2) is 24.1 Å². The van der Waals surface area contributed by atoms with Crippen molar-refractivity contribution >= 4 is 17.5 Å². The molecule has 4 atom stereocenters. The van der Waals surface area contributed by atoms with Gasteiger partial charge in [-0.15, -0.1) is 0 Å². The smallest absolute Gasteiger partial charge is 0.303 e. The second-order valence-corrected chi connectivity index (χ2v) is 9.20. The Bertz CT molecular complexity index is 900. The highest BCUT2D eigenvalue weighted by molar-refractivity contribution is 6.01. The van der Waals surface area contributed by atoms with Crippen LogP contribution in [0.2, 0.25) is 0 Å². The number of esters is 1. The molecule has 0 bridgehead atoms. The molecule has 4 aliphatic rings.